The fraction of sp³-hybridized carbons (Fsp3) is 0.562. The molecule has 0 amide bonds. The Balaban J connectivity index is 1.87. The second-order valence-corrected chi connectivity index (χ2v) is 5.77. The van der Waals surface area contributed by atoms with E-state index in [-0.39, 0.29) is 0 Å². The van der Waals surface area contributed by atoms with Crippen LogP contribution in [-0.4, -0.2) is 30.6 Å². The van der Waals surface area contributed by atoms with Gasteiger partial charge in [0.05, 0.1) is 11.6 Å². The van der Waals surface area contributed by atoms with Gasteiger partial charge in [-0.3, -0.25) is 0 Å². The van der Waals surface area contributed by atoms with E-state index in [2.05, 4.69) is 36.2 Å². The van der Waals surface area contributed by atoms with Crippen molar-refractivity contribution in [3.8, 4) is 6.07 Å². The van der Waals surface area contributed by atoms with Crippen molar-refractivity contribution in [2.75, 3.05) is 25.0 Å². The van der Waals surface area contributed by atoms with Crippen LogP contribution in [0.4, 0.5) is 5.69 Å². The van der Waals surface area contributed by atoms with Crippen molar-refractivity contribution in [1.29, 1.82) is 5.26 Å². The molecule has 0 bridgehead atoms. The standard InChI is InChI=1S/C16H23N3/c1-12(2)19-7-6-14(11-19)10-18-16-5-4-15(9-17)13(3)8-16/h4-5,8,12,14,18H,6-7,10-11H2,1-3H3. The third-order valence-corrected chi connectivity index (χ3v) is 3.99. The Morgan fingerprint density at radius 1 is 1.47 bits per heavy atom. The van der Waals surface area contributed by atoms with Gasteiger partial charge in [0.2, 0.25) is 0 Å². The topological polar surface area (TPSA) is 39.1 Å². The second-order valence-electron chi connectivity index (χ2n) is 5.77. The number of rotatable bonds is 4. The first-order valence-electron chi connectivity index (χ1n) is 7.09. The molecule has 19 heavy (non-hydrogen) atoms. The Labute approximate surface area is 116 Å². The van der Waals surface area contributed by atoms with Crippen LogP contribution in [0.1, 0.15) is 31.4 Å². The van der Waals surface area contributed by atoms with Gasteiger partial charge in [0.25, 0.3) is 0 Å². The summed E-state index contributed by atoms with van der Waals surface area (Å²) in [5, 5.41) is 12.4. The molecule has 1 fully saturated rings. The molecule has 0 aromatic heterocycles. The molecule has 1 aromatic carbocycles. The van der Waals surface area contributed by atoms with Crippen molar-refractivity contribution in [2.45, 2.75) is 33.2 Å². The van der Waals surface area contributed by atoms with Gasteiger partial charge in [-0.2, -0.15) is 5.26 Å². The van der Waals surface area contributed by atoms with Crippen LogP contribution in [0.15, 0.2) is 18.2 Å². The predicted molar refractivity (Wildman–Crippen MR) is 79.2 cm³/mol. The largest absolute Gasteiger partial charge is 0.385 e. The van der Waals surface area contributed by atoms with E-state index >= 15 is 0 Å². The minimum Gasteiger partial charge on any atom is -0.385 e. The number of likely N-dealkylation sites (tertiary alicyclic amines) is 1. The number of nitrogens with zero attached hydrogens (tertiary/aromatic N) is 2. The number of hydrogen-bond donors (Lipinski definition) is 1. The molecule has 0 radical (unpaired) electrons. The minimum absolute atomic E-state index is 0.655. The summed E-state index contributed by atoms with van der Waals surface area (Å²) in [6.45, 7) is 9.95. The lowest BCUT2D eigenvalue weighted by Gasteiger charge is -2.20. The van der Waals surface area contributed by atoms with Crippen LogP contribution in [0.25, 0.3) is 0 Å². The van der Waals surface area contributed by atoms with Crippen LogP contribution in [0.5, 0.6) is 0 Å². The average molecular weight is 257 g/mol. The summed E-state index contributed by atoms with van der Waals surface area (Å²) in [4.78, 5) is 2.54. The fourth-order valence-electron chi connectivity index (χ4n) is 2.66. The molecule has 1 aliphatic heterocycles. The first-order chi connectivity index (χ1) is 9.10. The van der Waals surface area contributed by atoms with E-state index in [1.165, 1.54) is 19.5 Å². The number of nitrogens with one attached hydrogen (secondary N) is 1. The fourth-order valence-corrected chi connectivity index (χ4v) is 2.66. The Morgan fingerprint density at radius 3 is 2.84 bits per heavy atom. The van der Waals surface area contributed by atoms with Crippen LogP contribution >= 0.6 is 0 Å². The monoisotopic (exact) mass is 257 g/mol. The molecular formula is C16H23N3. The average Bonchev–Trinajstić information content (AvgIpc) is 2.85. The highest BCUT2D eigenvalue weighted by Crippen LogP contribution is 2.20. The van der Waals surface area contributed by atoms with Gasteiger partial charge < -0.3 is 10.2 Å². The number of hydrogen-bond acceptors (Lipinski definition) is 3. The smallest absolute Gasteiger partial charge is 0.0994 e. The van der Waals surface area contributed by atoms with E-state index in [1.54, 1.807) is 0 Å². The Kier molecular flexibility index (Phi) is 4.44. The summed E-state index contributed by atoms with van der Waals surface area (Å²) >= 11 is 0. The van der Waals surface area contributed by atoms with Gasteiger partial charge >= 0.3 is 0 Å². The van der Waals surface area contributed by atoms with Crippen molar-refractivity contribution >= 4 is 5.69 Å². The maximum atomic E-state index is 8.92. The lowest BCUT2D eigenvalue weighted by atomic mass is 10.1. The van der Waals surface area contributed by atoms with E-state index in [1.807, 2.05) is 19.1 Å². The second kappa shape index (κ2) is 6.08. The zero-order valence-electron chi connectivity index (χ0n) is 12.1. The van der Waals surface area contributed by atoms with Gasteiger partial charge in [-0.1, -0.05) is 0 Å². The Hall–Kier alpha value is -1.53. The Bertz CT molecular complexity index is 473. The highest BCUT2D eigenvalue weighted by molar-refractivity contribution is 5.51. The van der Waals surface area contributed by atoms with E-state index in [0.29, 0.717) is 6.04 Å². The summed E-state index contributed by atoms with van der Waals surface area (Å²) < 4.78 is 0. The molecule has 3 heteroatoms. The third-order valence-electron chi connectivity index (χ3n) is 3.99. The maximum Gasteiger partial charge on any atom is 0.0994 e. The summed E-state index contributed by atoms with van der Waals surface area (Å²) in [6.07, 6.45) is 1.28. The normalized spacial score (nSPS) is 19.6. The third kappa shape index (κ3) is 3.48. The molecular weight excluding hydrogens is 234 g/mol. The zero-order chi connectivity index (χ0) is 13.8. The van der Waals surface area contributed by atoms with Crippen LogP contribution in [0, 0.1) is 24.2 Å². The molecule has 3 nitrogen and oxygen atoms in total. The molecule has 1 aliphatic rings. The molecule has 1 heterocycles. The minimum atomic E-state index is 0.655. The summed E-state index contributed by atoms with van der Waals surface area (Å²) in [7, 11) is 0. The number of anilines is 1. The number of nitriles is 1. The van der Waals surface area contributed by atoms with Gasteiger partial charge in [0.1, 0.15) is 0 Å². The highest BCUT2D eigenvalue weighted by atomic mass is 15.2. The SMILES string of the molecule is Cc1cc(NCC2CCN(C(C)C)C2)ccc1C#N. The van der Waals surface area contributed by atoms with E-state index < -0.39 is 0 Å². The van der Waals surface area contributed by atoms with E-state index in [4.69, 9.17) is 5.26 Å². The lowest BCUT2D eigenvalue weighted by Crippen LogP contribution is -2.29. The van der Waals surface area contributed by atoms with Gasteiger partial charge in [-0.25, -0.2) is 0 Å². The highest BCUT2D eigenvalue weighted by Gasteiger charge is 2.23. The van der Waals surface area contributed by atoms with Gasteiger partial charge in [-0.15, -0.1) is 0 Å². The molecule has 1 aromatic rings. The van der Waals surface area contributed by atoms with Crippen molar-refractivity contribution in [2.24, 2.45) is 5.92 Å². The van der Waals surface area contributed by atoms with Crippen molar-refractivity contribution < 1.29 is 0 Å². The molecule has 1 saturated heterocycles. The van der Waals surface area contributed by atoms with Crippen LogP contribution < -0.4 is 5.32 Å². The summed E-state index contributed by atoms with van der Waals surface area (Å²) in [5.74, 6) is 0.735. The van der Waals surface area contributed by atoms with Gasteiger partial charge in [0, 0.05) is 24.8 Å². The lowest BCUT2D eigenvalue weighted by molar-refractivity contribution is 0.266. The molecule has 1 N–H and O–H groups in total. The van der Waals surface area contributed by atoms with Crippen molar-refractivity contribution in [3.63, 3.8) is 0 Å². The van der Waals surface area contributed by atoms with Crippen molar-refractivity contribution in [3.05, 3.63) is 29.3 Å². The zero-order valence-corrected chi connectivity index (χ0v) is 12.1. The predicted octanol–water partition coefficient (Wildman–Crippen LogP) is 3.01. The van der Waals surface area contributed by atoms with Crippen molar-refractivity contribution in [1.82, 2.24) is 4.90 Å². The maximum absolute atomic E-state index is 8.92. The van der Waals surface area contributed by atoms with Crippen LogP contribution in [0.3, 0.4) is 0 Å². The van der Waals surface area contributed by atoms with Gasteiger partial charge in [-0.05, 0) is 63.4 Å². The molecule has 2 rings (SSSR count). The quantitative estimate of drug-likeness (QED) is 0.901. The Morgan fingerprint density at radius 2 is 2.26 bits per heavy atom. The van der Waals surface area contributed by atoms with Gasteiger partial charge in [0.15, 0.2) is 0 Å². The van der Waals surface area contributed by atoms with E-state index in [0.717, 1.165) is 29.3 Å². The molecule has 1 unspecified atom stereocenters. The van der Waals surface area contributed by atoms with E-state index in [9.17, 15) is 0 Å². The number of benzene rings is 1. The number of aryl methyl sites for hydroxylation is 1. The summed E-state index contributed by atoms with van der Waals surface area (Å²) in [6, 6.07) is 8.82. The molecule has 1 atom stereocenters. The molecule has 0 aliphatic carbocycles. The van der Waals surface area contributed by atoms with Crippen LogP contribution in [-0.2, 0) is 0 Å². The van der Waals surface area contributed by atoms with Crippen LogP contribution in [0.2, 0.25) is 0 Å². The molecule has 102 valence electrons. The molecule has 0 spiro atoms. The summed E-state index contributed by atoms with van der Waals surface area (Å²) in [5.41, 5.74) is 2.93. The first-order valence-corrected chi connectivity index (χ1v) is 7.09. The first kappa shape index (κ1) is 13.9. The molecule has 0 saturated carbocycles.